The number of nitrogens with zero attached hydrogens (tertiary/aromatic N) is 1. The molecule has 0 aromatic heterocycles. The number of hydrogen-bond acceptors (Lipinski definition) is 3. The average molecular weight is 288 g/mol. The van der Waals surface area contributed by atoms with Gasteiger partial charge in [0.05, 0.1) is 0 Å². The van der Waals surface area contributed by atoms with Gasteiger partial charge in [0, 0.05) is 11.1 Å². The Morgan fingerprint density at radius 1 is 1.32 bits per heavy atom. The minimum atomic E-state index is -0.808. The van der Waals surface area contributed by atoms with Gasteiger partial charge in [0.2, 0.25) is 0 Å². The minimum Gasteiger partial charge on any atom is -0.486 e. The number of rotatable bonds is 5. The zero-order valence-electron chi connectivity index (χ0n) is 11.5. The highest BCUT2D eigenvalue weighted by atomic mass is 32.1. The number of hydrogen-bond donors (Lipinski definition) is 1. The van der Waals surface area contributed by atoms with Crippen molar-refractivity contribution in [2.45, 2.75) is 19.4 Å². The Labute approximate surface area is 117 Å². The highest BCUT2D eigenvalue weighted by Crippen LogP contribution is 2.25. The lowest BCUT2D eigenvalue weighted by Crippen LogP contribution is -2.43. The Balaban J connectivity index is 2.94. The zero-order valence-corrected chi connectivity index (χ0v) is 12.3. The van der Waals surface area contributed by atoms with Crippen molar-refractivity contribution in [1.82, 2.24) is 4.90 Å². The van der Waals surface area contributed by atoms with Gasteiger partial charge in [-0.15, -0.1) is 0 Å². The Bertz CT molecular complexity index is 467. The molecular weight excluding hydrogens is 270 g/mol. The van der Waals surface area contributed by atoms with Crippen LogP contribution in [0.4, 0.5) is 8.78 Å². The summed E-state index contributed by atoms with van der Waals surface area (Å²) in [6.45, 7) is 3.97. The molecule has 106 valence electrons. The van der Waals surface area contributed by atoms with E-state index in [4.69, 9.17) is 10.5 Å². The van der Waals surface area contributed by atoms with Gasteiger partial charge in [0.25, 0.3) is 0 Å². The Morgan fingerprint density at radius 2 is 1.79 bits per heavy atom. The van der Waals surface area contributed by atoms with Crippen LogP contribution in [0.3, 0.4) is 0 Å². The molecule has 0 fully saturated rings. The van der Waals surface area contributed by atoms with Crippen LogP contribution in [0.2, 0.25) is 0 Å². The molecule has 0 amide bonds. The van der Waals surface area contributed by atoms with Gasteiger partial charge in [-0.2, -0.15) is 0 Å². The van der Waals surface area contributed by atoms with Gasteiger partial charge >= 0.3 is 0 Å². The molecule has 6 heteroatoms. The van der Waals surface area contributed by atoms with Gasteiger partial charge in [-0.3, -0.25) is 0 Å². The van der Waals surface area contributed by atoms with Crippen molar-refractivity contribution in [2.24, 2.45) is 5.73 Å². The second-order valence-electron chi connectivity index (χ2n) is 5.13. The number of nitrogens with two attached hydrogens (primary N) is 1. The van der Waals surface area contributed by atoms with E-state index >= 15 is 0 Å². The summed E-state index contributed by atoms with van der Waals surface area (Å²) < 4.78 is 32.8. The summed E-state index contributed by atoms with van der Waals surface area (Å²) in [5.74, 6) is -2.02. The molecule has 0 aliphatic carbocycles. The third-order valence-corrected chi connectivity index (χ3v) is 3.30. The third kappa shape index (κ3) is 3.84. The largest absolute Gasteiger partial charge is 0.486 e. The molecule has 0 bridgehead atoms. The van der Waals surface area contributed by atoms with E-state index in [2.05, 4.69) is 12.2 Å². The maximum atomic E-state index is 13.8. The molecule has 2 N–H and O–H groups in total. The molecule has 0 radical (unpaired) electrons. The third-order valence-electron chi connectivity index (χ3n) is 3.06. The van der Waals surface area contributed by atoms with Crippen LogP contribution in [-0.4, -0.2) is 36.1 Å². The average Bonchev–Trinajstić information content (AvgIpc) is 2.27. The lowest BCUT2D eigenvalue weighted by atomic mass is 10.1. The molecule has 1 rings (SSSR count). The first-order valence-corrected chi connectivity index (χ1v) is 6.15. The quantitative estimate of drug-likeness (QED) is 0.844. The zero-order chi connectivity index (χ0) is 14.8. The summed E-state index contributed by atoms with van der Waals surface area (Å²) in [6, 6.07) is 2.15. The van der Waals surface area contributed by atoms with Crippen molar-refractivity contribution in [3.8, 4) is 5.75 Å². The predicted octanol–water partition coefficient (Wildman–Crippen LogP) is 2.32. The first-order chi connectivity index (χ1) is 8.65. The summed E-state index contributed by atoms with van der Waals surface area (Å²) in [5.41, 5.74) is 5.13. The number of ether oxygens (including phenoxy) is 1. The lowest BCUT2D eigenvalue weighted by molar-refractivity contribution is 0.108. The van der Waals surface area contributed by atoms with E-state index < -0.39 is 17.4 Å². The van der Waals surface area contributed by atoms with E-state index in [1.807, 2.05) is 32.8 Å². The second-order valence-corrected chi connectivity index (χ2v) is 5.57. The minimum absolute atomic E-state index is 0.0574. The van der Waals surface area contributed by atoms with E-state index in [0.717, 1.165) is 12.1 Å². The van der Waals surface area contributed by atoms with Crippen molar-refractivity contribution < 1.29 is 13.5 Å². The molecular formula is C13H18F2N2OS. The molecule has 3 nitrogen and oxygen atoms in total. The Morgan fingerprint density at radius 3 is 2.16 bits per heavy atom. The fourth-order valence-electron chi connectivity index (χ4n) is 1.22. The van der Waals surface area contributed by atoms with Crippen LogP contribution >= 0.6 is 12.2 Å². The highest BCUT2D eigenvalue weighted by Gasteiger charge is 2.23. The van der Waals surface area contributed by atoms with Crippen molar-refractivity contribution in [3.05, 3.63) is 29.3 Å². The molecule has 0 saturated heterocycles. The summed E-state index contributed by atoms with van der Waals surface area (Å²) >= 11 is 4.68. The molecule has 1 aromatic rings. The maximum absolute atomic E-state index is 13.8. The maximum Gasteiger partial charge on any atom is 0.190 e. The van der Waals surface area contributed by atoms with E-state index in [0.29, 0.717) is 0 Å². The van der Waals surface area contributed by atoms with Gasteiger partial charge in [-0.05, 0) is 40.1 Å². The van der Waals surface area contributed by atoms with Crippen LogP contribution in [-0.2, 0) is 0 Å². The first-order valence-electron chi connectivity index (χ1n) is 5.74. The molecule has 0 heterocycles. The summed E-state index contributed by atoms with van der Waals surface area (Å²) in [4.78, 5) is 1.85. The monoisotopic (exact) mass is 288 g/mol. The Hall–Kier alpha value is -1.27. The van der Waals surface area contributed by atoms with Crippen LogP contribution in [0.1, 0.15) is 19.4 Å². The Kier molecular flexibility index (Phi) is 4.81. The van der Waals surface area contributed by atoms with Gasteiger partial charge < -0.3 is 15.4 Å². The van der Waals surface area contributed by atoms with E-state index in [1.54, 1.807) is 0 Å². The summed E-state index contributed by atoms with van der Waals surface area (Å²) in [6.07, 6.45) is 0. The van der Waals surface area contributed by atoms with Crippen molar-refractivity contribution in [2.75, 3.05) is 20.7 Å². The van der Waals surface area contributed by atoms with Crippen LogP contribution in [0.25, 0.3) is 0 Å². The molecule has 1 aromatic carbocycles. The van der Waals surface area contributed by atoms with Gasteiger partial charge in [-0.1, -0.05) is 12.2 Å². The molecule has 19 heavy (non-hydrogen) atoms. The van der Waals surface area contributed by atoms with Crippen molar-refractivity contribution in [3.63, 3.8) is 0 Å². The second kappa shape index (κ2) is 5.79. The smallest absolute Gasteiger partial charge is 0.190 e. The number of halogens is 2. The van der Waals surface area contributed by atoms with Gasteiger partial charge in [-0.25, -0.2) is 8.78 Å². The molecule has 0 unspecified atom stereocenters. The van der Waals surface area contributed by atoms with Crippen molar-refractivity contribution in [1.29, 1.82) is 0 Å². The summed E-state index contributed by atoms with van der Waals surface area (Å²) in [7, 11) is 3.73. The molecule has 0 saturated carbocycles. The number of likely N-dealkylation sites (N-methyl/N-ethyl adjacent to an activating group) is 1. The van der Waals surface area contributed by atoms with Crippen LogP contribution in [0, 0.1) is 11.6 Å². The van der Waals surface area contributed by atoms with Crippen LogP contribution < -0.4 is 10.5 Å². The van der Waals surface area contributed by atoms with Crippen molar-refractivity contribution >= 4 is 17.2 Å². The normalized spacial score (nSPS) is 11.7. The van der Waals surface area contributed by atoms with Crippen LogP contribution in [0.5, 0.6) is 5.75 Å². The molecule has 0 atom stereocenters. The molecule has 0 spiro atoms. The lowest BCUT2D eigenvalue weighted by Gasteiger charge is -2.32. The topological polar surface area (TPSA) is 38.5 Å². The number of thiocarbonyl (C=S) groups is 1. The van der Waals surface area contributed by atoms with E-state index in [9.17, 15) is 8.78 Å². The highest BCUT2D eigenvalue weighted by molar-refractivity contribution is 7.80. The van der Waals surface area contributed by atoms with Crippen LogP contribution in [0.15, 0.2) is 12.1 Å². The molecule has 0 aliphatic heterocycles. The standard InChI is InChI=1S/C13H18F2N2OS/c1-13(2,17(3)4)7-18-11-9(14)5-8(12(16)19)6-10(11)15/h5-6H,7H2,1-4H3,(H2,16,19). The van der Waals surface area contributed by atoms with E-state index in [1.165, 1.54) is 0 Å². The van der Waals surface area contributed by atoms with Gasteiger partial charge in [0.15, 0.2) is 17.4 Å². The fourth-order valence-corrected chi connectivity index (χ4v) is 1.34. The van der Waals surface area contributed by atoms with Gasteiger partial charge in [0.1, 0.15) is 11.6 Å². The number of benzene rings is 1. The molecule has 0 aliphatic rings. The first kappa shape index (κ1) is 15.8. The summed E-state index contributed by atoms with van der Waals surface area (Å²) in [5, 5.41) is 0. The fraction of sp³-hybridized carbons (Fsp3) is 0.462. The van der Waals surface area contributed by atoms with E-state index in [-0.39, 0.29) is 22.7 Å². The SMILES string of the molecule is CN(C)C(C)(C)COc1c(F)cc(C(N)=S)cc1F. The predicted molar refractivity (Wildman–Crippen MR) is 75.5 cm³/mol.